The summed E-state index contributed by atoms with van der Waals surface area (Å²) in [4.78, 5) is 8.60. The highest BCUT2D eigenvalue weighted by atomic mass is 79.9. The number of sulfonamides is 1. The summed E-state index contributed by atoms with van der Waals surface area (Å²) in [5.41, 5.74) is -0.778. The first-order valence-electron chi connectivity index (χ1n) is 7.77. The zero-order chi connectivity index (χ0) is 22.0. The fourth-order valence-electron chi connectivity index (χ4n) is 1.69. The number of nitrogens with one attached hydrogen (secondary N) is 1. The van der Waals surface area contributed by atoms with Crippen LogP contribution < -0.4 is 9.46 Å². The fourth-order valence-corrected chi connectivity index (χ4v) is 3.06. The summed E-state index contributed by atoms with van der Waals surface area (Å²) in [5, 5.41) is 0. The average molecular weight is 482 g/mol. The Morgan fingerprint density at radius 3 is 2.00 bits per heavy atom. The molecule has 0 aliphatic carbocycles. The van der Waals surface area contributed by atoms with Crippen LogP contribution in [0.4, 0.5) is 13.2 Å². The molecule has 0 atom stereocenters. The zero-order valence-electron chi connectivity index (χ0n) is 15.3. The van der Waals surface area contributed by atoms with Crippen molar-refractivity contribution < 1.29 is 31.1 Å². The summed E-state index contributed by atoms with van der Waals surface area (Å²) in [7, 11) is -2.31. The molecular weight excluding hydrogens is 463 g/mol. The summed E-state index contributed by atoms with van der Waals surface area (Å²) in [6.07, 6.45) is -4.41. The van der Waals surface area contributed by atoms with Crippen molar-refractivity contribution in [1.82, 2.24) is 4.72 Å². The molecule has 2 aromatic rings. The van der Waals surface area contributed by atoms with Gasteiger partial charge in [0.2, 0.25) is 10.0 Å². The van der Waals surface area contributed by atoms with Crippen molar-refractivity contribution in [3.05, 3.63) is 59.1 Å². The molecule has 28 heavy (non-hydrogen) atoms. The highest BCUT2D eigenvalue weighted by Gasteiger charge is 2.30. The Labute approximate surface area is 170 Å². The molecule has 10 heteroatoms. The van der Waals surface area contributed by atoms with Crippen molar-refractivity contribution in [3.63, 3.8) is 0 Å². The molecule has 2 aromatic carbocycles. The van der Waals surface area contributed by atoms with E-state index in [1.165, 1.54) is 43.3 Å². The van der Waals surface area contributed by atoms with E-state index in [2.05, 4.69) is 27.2 Å². The molecule has 0 spiro atoms. The predicted molar refractivity (Wildman–Crippen MR) is 105 cm³/mol. The molecule has 2 rings (SSSR count). The molecule has 0 unspecified atom stereocenters. The van der Waals surface area contributed by atoms with Crippen molar-refractivity contribution >= 4 is 31.9 Å². The number of halogens is 4. The molecular formula is C18H19BrF3NO4S. The first kappa shape index (κ1) is 25.9. The standard InChI is InChI=1S/C14H11BrF3NO3S.C2H2O.C2H6/c1-19-23(20,21)11-6-7-13(12(15)8-11)22-10-4-2-9(3-5-10)14(16,17)18;1-2-3;1-2/h2-8,19H,1H3;1H2;1-2H3. The van der Waals surface area contributed by atoms with E-state index < -0.39 is 21.8 Å². The summed E-state index contributed by atoms with van der Waals surface area (Å²) >= 11 is 3.18. The van der Waals surface area contributed by atoms with Crippen LogP contribution in [0.5, 0.6) is 11.5 Å². The third-order valence-corrected chi connectivity index (χ3v) is 4.92. The largest absolute Gasteiger partial charge is 0.456 e. The van der Waals surface area contributed by atoms with Gasteiger partial charge in [-0.25, -0.2) is 17.9 Å². The van der Waals surface area contributed by atoms with E-state index in [0.29, 0.717) is 4.47 Å². The van der Waals surface area contributed by atoms with Crippen molar-refractivity contribution in [2.45, 2.75) is 24.9 Å². The number of ether oxygens (including phenoxy) is 1. The maximum atomic E-state index is 12.5. The maximum Gasteiger partial charge on any atom is 0.416 e. The molecule has 0 aromatic heterocycles. The van der Waals surface area contributed by atoms with E-state index >= 15 is 0 Å². The van der Waals surface area contributed by atoms with E-state index in [-0.39, 0.29) is 16.4 Å². The SMILES string of the molecule is C=C=O.CC.CNS(=O)(=O)c1ccc(Oc2ccc(C(F)(F)F)cc2)c(Br)c1. The number of rotatable bonds is 4. The monoisotopic (exact) mass is 481 g/mol. The molecule has 0 bridgehead atoms. The lowest BCUT2D eigenvalue weighted by molar-refractivity contribution is -0.137. The normalized spacial score (nSPS) is 10.5. The minimum atomic E-state index is -4.41. The molecule has 0 heterocycles. The Balaban J connectivity index is 0.00000133. The third-order valence-electron chi connectivity index (χ3n) is 2.89. The molecule has 0 aliphatic rings. The van der Waals surface area contributed by atoms with Gasteiger partial charge in [-0.1, -0.05) is 13.8 Å². The molecule has 0 saturated carbocycles. The van der Waals surface area contributed by atoms with E-state index in [0.717, 1.165) is 12.1 Å². The van der Waals surface area contributed by atoms with Gasteiger partial charge >= 0.3 is 6.18 Å². The van der Waals surface area contributed by atoms with Crippen LogP contribution >= 0.6 is 15.9 Å². The van der Waals surface area contributed by atoms with Crippen LogP contribution in [0.2, 0.25) is 0 Å². The number of hydrogen-bond acceptors (Lipinski definition) is 4. The van der Waals surface area contributed by atoms with Gasteiger partial charge in [0.15, 0.2) is 0 Å². The molecule has 154 valence electrons. The molecule has 5 nitrogen and oxygen atoms in total. The van der Waals surface area contributed by atoms with Crippen molar-refractivity contribution in [1.29, 1.82) is 0 Å². The van der Waals surface area contributed by atoms with Gasteiger partial charge in [0.05, 0.1) is 14.9 Å². The van der Waals surface area contributed by atoms with Crippen LogP contribution in [0, 0.1) is 0 Å². The topological polar surface area (TPSA) is 72.5 Å². The number of alkyl halides is 3. The summed E-state index contributed by atoms with van der Waals surface area (Å²) in [5.74, 6) is 1.72. The smallest absolute Gasteiger partial charge is 0.416 e. The second kappa shape index (κ2) is 11.7. The lowest BCUT2D eigenvalue weighted by Crippen LogP contribution is -2.18. The number of hydrogen-bond donors (Lipinski definition) is 1. The molecule has 0 amide bonds. The van der Waals surface area contributed by atoms with Gasteiger partial charge in [-0.15, -0.1) is 0 Å². The minimum absolute atomic E-state index is 0.0339. The predicted octanol–water partition coefficient (Wildman–Crippen LogP) is 5.20. The van der Waals surface area contributed by atoms with E-state index in [4.69, 9.17) is 9.53 Å². The summed E-state index contributed by atoms with van der Waals surface area (Å²) in [6.45, 7) is 6.68. The van der Waals surface area contributed by atoms with Crippen LogP contribution in [-0.4, -0.2) is 21.4 Å². The lowest BCUT2D eigenvalue weighted by Gasteiger charge is -2.11. The van der Waals surface area contributed by atoms with Gasteiger partial charge in [0.1, 0.15) is 17.4 Å². The van der Waals surface area contributed by atoms with E-state index in [1.807, 2.05) is 13.8 Å². The molecule has 1 N–H and O–H groups in total. The molecule has 0 saturated heterocycles. The Kier molecular flexibility index (Phi) is 10.8. The van der Waals surface area contributed by atoms with Gasteiger partial charge in [-0.05, 0) is 72.0 Å². The van der Waals surface area contributed by atoms with Crippen LogP contribution in [0.1, 0.15) is 19.4 Å². The zero-order valence-corrected chi connectivity index (χ0v) is 17.7. The Hall–Kier alpha value is -2.13. The Bertz CT molecular complexity index is 892. The van der Waals surface area contributed by atoms with Gasteiger partial charge in [-0.2, -0.15) is 13.2 Å². The minimum Gasteiger partial charge on any atom is -0.456 e. The summed E-state index contributed by atoms with van der Waals surface area (Å²) in [6, 6.07) is 8.26. The third kappa shape index (κ3) is 7.85. The van der Waals surface area contributed by atoms with Gasteiger partial charge in [0.25, 0.3) is 0 Å². The first-order chi connectivity index (χ1) is 13.0. The maximum absolute atomic E-state index is 12.5. The van der Waals surface area contributed by atoms with Crippen LogP contribution in [0.15, 0.2) is 58.4 Å². The number of carbonyl (C=O) groups excluding carboxylic acids is 1. The lowest BCUT2D eigenvalue weighted by atomic mass is 10.2. The fraction of sp³-hybridized carbons (Fsp3) is 0.222. The van der Waals surface area contributed by atoms with Gasteiger partial charge in [-0.3, -0.25) is 0 Å². The van der Waals surface area contributed by atoms with Crippen molar-refractivity contribution in [2.75, 3.05) is 7.05 Å². The highest BCUT2D eigenvalue weighted by molar-refractivity contribution is 9.10. The van der Waals surface area contributed by atoms with Crippen molar-refractivity contribution in [3.8, 4) is 11.5 Å². The highest BCUT2D eigenvalue weighted by Crippen LogP contribution is 2.34. The van der Waals surface area contributed by atoms with Crippen LogP contribution in [0.3, 0.4) is 0 Å². The second-order valence-corrected chi connectivity index (χ2v) is 7.31. The quantitative estimate of drug-likeness (QED) is 0.609. The van der Waals surface area contributed by atoms with Crippen molar-refractivity contribution in [2.24, 2.45) is 0 Å². The van der Waals surface area contributed by atoms with Crippen LogP contribution in [-0.2, 0) is 21.0 Å². The van der Waals surface area contributed by atoms with Gasteiger partial charge < -0.3 is 4.74 Å². The van der Waals surface area contributed by atoms with Crippen LogP contribution in [0.25, 0.3) is 0 Å². The second-order valence-electron chi connectivity index (χ2n) is 4.57. The van der Waals surface area contributed by atoms with E-state index in [1.54, 1.807) is 0 Å². The molecule has 0 radical (unpaired) electrons. The Morgan fingerprint density at radius 1 is 1.11 bits per heavy atom. The van der Waals surface area contributed by atoms with E-state index in [9.17, 15) is 21.6 Å². The first-order valence-corrected chi connectivity index (χ1v) is 10.0. The summed E-state index contributed by atoms with van der Waals surface area (Å²) < 4.78 is 68.8. The Morgan fingerprint density at radius 2 is 1.61 bits per heavy atom. The average Bonchev–Trinajstić information content (AvgIpc) is 2.65. The number of benzene rings is 2. The molecule has 0 aliphatic heterocycles. The molecule has 0 fully saturated rings. The van der Waals surface area contributed by atoms with Gasteiger partial charge in [0, 0.05) is 0 Å².